The lowest BCUT2D eigenvalue weighted by Gasteiger charge is -2.23. The summed E-state index contributed by atoms with van der Waals surface area (Å²) in [6.45, 7) is 2.54. The Balaban J connectivity index is 1.29. The summed E-state index contributed by atoms with van der Waals surface area (Å²) in [6, 6.07) is 9.36. The fourth-order valence-electron chi connectivity index (χ4n) is 4.87. The summed E-state index contributed by atoms with van der Waals surface area (Å²) in [5.41, 5.74) is 2.51. The van der Waals surface area contributed by atoms with Crippen LogP contribution in [0.4, 0.5) is 30.4 Å². The van der Waals surface area contributed by atoms with Gasteiger partial charge in [-0.15, -0.1) is 0 Å². The van der Waals surface area contributed by atoms with E-state index in [4.69, 9.17) is 16.3 Å². The van der Waals surface area contributed by atoms with E-state index in [2.05, 4.69) is 35.6 Å². The molecule has 4 aromatic heterocycles. The predicted molar refractivity (Wildman–Crippen MR) is 154 cm³/mol. The summed E-state index contributed by atoms with van der Waals surface area (Å²) in [5.74, 6) is -0.412. The van der Waals surface area contributed by atoms with Crippen molar-refractivity contribution >= 4 is 45.9 Å². The molecule has 1 saturated heterocycles. The SMILES string of the molecule is Cc1ccc(NC(=O)c2nccc(C(F)(F)F)c2Cl)cc1Nc1ncccc1-c1ncnc2c1ncn2C1CCCCO1. The molecule has 0 radical (unpaired) electrons. The van der Waals surface area contributed by atoms with Gasteiger partial charge in [0.05, 0.1) is 16.9 Å². The van der Waals surface area contributed by atoms with E-state index in [0.717, 1.165) is 37.1 Å². The molecule has 5 heterocycles. The third-order valence-electron chi connectivity index (χ3n) is 7.05. The van der Waals surface area contributed by atoms with Crippen molar-refractivity contribution in [2.45, 2.75) is 38.6 Å². The maximum absolute atomic E-state index is 13.3. The average Bonchev–Trinajstić information content (AvgIpc) is 3.44. The molecule has 1 aliphatic rings. The zero-order valence-electron chi connectivity index (χ0n) is 22.7. The number of alkyl halides is 3. The van der Waals surface area contributed by atoms with Crippen molar-refractivity contribution in [2.75, 3.05) is 17.2 Å². The highest BCUT2D eigenvalue weighted by atomic mass is 35.5. The Bertz CT molecular complexity index is 1820. The number of hydrogen-bond donors (Lipinski definition) is 2. The maximum atomic E-state index is 13.3. The van der Waals surface area contributed by atoms with Gasteiger partial charge in [0.1, 0.15) is 35.3 Å². The molecule has 0 aliphatic carbocycles. The van der Waals surface area contributed by atoms with Crippen molar-refractivity contribution < 1.29 is 22.7 Å². The number of hydrogen-bond acceptors (Lipinski definition) is 8. The average molecular weight is 609 g/mol. The van der Waals surface area contributed by atoms with Crippen molar-refractivity contribution in [1.82, 2.24) is 29.5 Å². The molecule has 1 fully saturated rings. The number of carbonyl (C=O) groups excluding carboxylic acids is 1. The Morgan fingerprint density at radius 3 is 2.72 bits per heavy atom. The minimum Gasteiger partial charge on any atom is -0.358 e. The number of aromatic nitrogens is 6. The second-order valence-corrected chi connectivity index (χ2v) is 10.3. The third-order valence-corrected chi connectivity index (χ3v) is 7.43. The van der Waals surface area contributed by atoms with Crippen molar-refractivity contribution in [1.29, 1.82) is 0 Å². The van der Waals surface area contributed by atoms with Crippen molar-refractivity contribution in [3.05, 3.63) is 83.3 Å². The fraction of sp³-hybridized carbons (Fsp3) is 0.241. The van der Waals surface area contributed by atoms with Crippen LogP contribution in [-0.2, 0) is 10.9 Å². The van der Waals surface area contributed by atoms with Crippen LogP contribution in [0, 0.1) is 6.92 Å². The van der Waals surface area contributed by atoms with Crippen LogP contribution in [0.2, 0.25) is 5.02 Å². The van der Waals surface area contributed by atoms with Gasteiger partial charge in [0.25, 0.3) is 5.91 Å². The van der Waals surface area contributed by atoms with Crippen LogP contribution < -0.4 is 10.6 Å². The van der Waals surface area contributed by atoms with Gasteiger partial charge in [0.2, 0.25) is 0 Å². The first-order chi connectivity index (χ1) is 20.7. The number of nitrogens with zero attached hydrogens (tertiary/aromatic N) is 6. The summed E-state index contributed by atoms with van der Waals surface area (Å²) >= 11 is 5.89. The normalized spacial score (nSPS) is 15.4. The molecular formula is C29H24ClF3N8O2. The molecule has 43 heavy (non-hydrogen) atoms. The lowest BCUT2D eigenvalue weighted by atomic mass is 10.1. The highest BCUT2D eigenvalue weighted by Gasteiger charge is 2.35. The van der Waals surface area contributed by atoms with Gasteiger partial charge in [-0.05, 0) is 62.1 Å². The zero-order chi connectivity index (χ0) is 30.1. The van der Waals surface area contributed by atoms with Gasteiger partial charge in [0.15, 0.2) is 5.65 Å². The smallest absolute Gasteiger partial charge is 0.358 e. The first kappa shape index (κ1) is 28.5. The quantitative estimate of drug-likeness (QED) is 0.212. The van der Waals surface area contributed by atoms with Crippen molar-refractivity contribution in [3.8, 4) is 11.3 Å². The number of imidazole rings is 1. The van der Waals surface area contributed by atoms with Gasteiger partial charge in [-0.3, -0.25) is 9.36 Å². The van der Waals surface area contributed by atoms with E-state index in [1.807, 2.05) is 17.6 Å². The van der Waals surface area contributed by atoms with Gasteiger partial charge in [-0.25, -0.2) is 24.9 Å². The fourth-order valence-corrected chi connectivity index (χ4v) is 5.18. The second kappa shape index (κ2) is 11.6. The molecule has 0 bridgehead atoms. The number of nitrogens with one attached hydrogen (secondary N) is 2. The summed E-state index contributed by atoms with van der Waals surface area (Å²) in [5, 5.41) is 5.10. The molecule has 14 heteroatoms. The lowest BCUT2D eigenvalue weighted by molar-refractivity contribution is -0.137. The molecule has 220 valence electrons. The first-order valence-corrected chi connectivity index (χ1v) is 13.7. The summed E-state index contributed by atoms with van der Waals surface area (Å²) in [6.07, 6.45) is 3.78. The summed E-state index contributed by atoms with van der Waals surface area (Å²) < 4.78 is 47.7. The Hall–Kier alpha value is -4.62. The van der Waals surface area contributed by atoms with E-state index in [1.54, 1.807) is 36.8 Å². The molecule has 10 nitrogen and oxygen atoms in total. The number of anilines is 3. The van der Waals surface area contributed by atoms with E-state index >= 15 is 0 Å². The van der Waals surface area contributed by atoms with Gasteiger partial charge in [-0.2, -0.15) is 13.2 Å². The second-order valence-electron chi connectivity index (χ2n) is 9.89. The van der Waals surface area contributed by atoms with E-state index in [9.17, 15) is 18.0 Å². The van der Waals surface area contributed by atoms with Crippen LogP contribution in [0.5, 0.6) is 0 Å². The highest BCUT2D eigenvalue weighted by molar-refractivity contribution is 6.34. The number of benzene rings is 1. The topological polar surface area (TPSA) is 120 Å². The minimum absolute atomic E-state index is 0.144. The third kappa shape index (κ3) is 5.73. The Morgan fingerprint density at radius 2 is 1.93 bits per heavy atom. The van der Waals surface area contributed by atoms with E-state index in [-0.39, 0.29) is 6.23 Å². The number of amides is 1. The molecule has 1 aliphatic heterocycles. The Kier molecular flexibility index (Phi) is 7.67. The van der Waals surface area contributed by atoms with Gasteiger partial charge < -0.3 is 15.4 Å². The number of ether oxygens (including phenoxy) is 1. The molecule has 0 spiro atoms. The van der Waals surface area contributed by atoms with Crippen LogP contribution in [0.3, 0.4) is 0 Å². The van der Waals surface area contributed by atoms with Crippen LogP contribution in [0.1, 0.15) is 47.1 Å². The molecule has 1 unspecified atom stereocenters. The molecule has 2 N–H and O–H groups in total. The highest BCUT2D eigenvalue weighted by Crippen LogP contribution is 2.37. The number of halogens is 4. The van der Waals surface area contributed by atoms with Crippen molar-refractivity contribution in [3.63, 3.8) is 0 Å². The van der Waals surface area contributed by atoms with Crippen LogP contribution >= 0.6 is 11.6 Å². The van der Waals surface area contributed by atoms with Gasteiger partial charge >= 0.3 is 6.18 Å². The minimum atomic E-state index is -4.73. The Labute approximate surface area is 248 Å². The summed E-state index contributed by atoms with van der Waals surface area (Å²) in [4.78, 5) is 34.7. The van der Waals surface area contributed by atoms with Gasteiger partial charge in [-0.1, -0.05) is 17.7 Å². The molecule has 1 amide bonds. The number of aryl methyl sites for hydroxylation is 1. The Morgan fingerprint density at radius 1 is 1.07 bits per heavy atom. The largest absolute Gasteiger partial charge is 0.417 e. The zero-order valence-corrected chi connectivity index (χ0v) is 23.4. The molecule has 6 rings (SSSR count). The van der Waals surface area contributed by atoms with E-state index < -0.39 is 28.4 Å². The number of carbonyl (C=O) groups is 1. The monoisotopic (exact) mass is 608 g/mol. The van der Waals surface area contributed by atoms with Gasteiger partial charge in [0, 0.05) is 35.9 Å². The number of pyridine rings is 2. The standard InChI is InChI=1S/C29H24ClF3N8O2/c1-16-7-8-17(39-28(42)24-22(30)19(9-11-34-24)29(31,32)33)13-20(16)40-26-18(5-4-10-35-26)23-25-27(37-14-36-23)41(15-38-25)21-6-2-3-12-43-21/h4-5,7-11,13-15,21H,2-3,6,12H2,1H3,(H,35,40)(H,39,42). The van der Waals surface area contributed by atoms with E-state index in [0.29, 0.717) is 46.2 Å². The molecule has 1 aromatic carbocycles. The number of fused-ring (bicyclic) bond motifs is 1. The first-order valence-electron chi connectivity index (χ1n) is 13.4. The molecule has 5 aromatic rings. The van der Waals surface area contributed by atoms with Crippen LogP contribution in [-0.4, -0.2) is 42.0 Å². The summed E-state index contributed by atoms with van der Waals surface area (Å²) in [7, 11) is 0. The van der Waals surface area contributed by atoms with Crippen LogP contribution in [0.15, 0.2) is 61.4 Å². The van der Waals surface area contributed by atoms with Crippen molar-refractivity contribution in [2.24, 2.45) is 0 Å². The van der Waals surface area contributed by atoms with Crippen LogP contribution in [0.25, 0.3) is 22.4 Å². The molecule has 1 atom stereocenters. The molecular weight excluding hydrogens is 585 g/mol. The number of rotatable bonds is 6. The lowest BCUT2D eigenvalue weighted by Crippen LogP contribution is -2.17. The molecule has 0 saturated carbocycles. The van der Waals surface area contributed by atoms with E-state index in [1.165, 1.54) is 6.33 Å². The maximum Gasteiger partial charge on any atom is 0.417 e. The predicted octanol–water partition coefficient (Wildman–Crippen LogP) is 6.96.